The van der Waals surface area contributed by atoms with Gasteiger partial charge in [-0.15, -0.1) is 0 Å². The van der Waals surface area contributed by atoms with E-state index >= 15 is 0 Å². The van der Waals surface area contributed by atoms with Gasteiger partial charge >= 0.3 is 0 Å². The van der Waals surface area contributed by atoms with Crippen molar-refractivity contribution in [2.75, 3.05) is 0 Å². The van der Waals surface area contributed by atoms with Gasteiger partial charge in [0, 0.05) is 12.8 Å². The number of nitrogens with two attached hydrogens (primary N) is 1. The van der Waals surface area contributed by atoms with Crippen LogP contribution in [-0.4, -0.2) is 16.4 Å². The van der Waals surface area contributed by atoms with Crippen LogP contribution in [0.1, 0.15) is 51.2 Å². The molecule has 1 unspecified atom stereocenters. The molecule has 1 atom stereocenters. The van der Waals surface area contributed by atoms with Crippen LogP contribution in [-0.2, 0) is 6.42 Å². The monoisotopic (exact) mass is 327 g/mol. The van der Waals surface area contributed by atoms with Crippen molar-refractivity contribution in [1.29, 1.82) is 0 Å². The fourth-order valence-electron chi connectivity index (χ4n) is 3.07. The number of hydrogen-bond donors (Lipinski definition) is 2. The Balaban J connectivity index is 2.06. The molecule has 0 aliphatic rings. The molecule has 2 aromatic rings. The van der Waals surface area contributed by atoms with E-state index in [1.807, 2.05) is 18.2 Å². The summed E-state index contributed by atoms with van der Waals surface area (Å²) in [6, 6.07) is 18.4. The quantitative estimate of drug-likeness (QED) is 0.712. The van der Waals surface area contributed by atoms with E-state index in [9.17, 15) is 5.11 Å². The Labute approximate surface area is 145 Å². The minimum absolute atomic E-state index is 0.388. The first-order chi connectivity index (χ1) is 11.3. The molecule has 0 spiro atoms. The van der Waals surface area contributed by atoms with Crippen LogP contribution in [0.15, 0.2) is 54.6 Å². The van der Waals surface area contributed by atoms with Crippen LogP contribution in [0.5, 0.6) is 5.75 Å². The summed E-state index contributed by atoms with van der Waals surface area (Å²) < 4.78 is 6.04. The van der Waals surface area contributed by atoms with Crippen molar-refractivity contribution in [1.82, 2.24) is 0 Å². The highest BCUT2D eigenvalue weighted by Crippen LogP contribution is 2.27. The Morgan fingerprint density at radius 3 is 2.08 bits per heavy atom. The van der Waals surface area contributed by atoms with Gasteiger partial charge in [0.15, 0.2) is 5.72 Å². The van der Waals surface area contributed by atoms with E-state index in [4.69, 9.17) is 10.5 Å². The maximum atomic E-state index is 10.1. The van der Waals surface area contributed by atoms with Crippen LogP contribution in [0.3, 0.4) is 0 Å². The summed E-state index contributed by atoms with van der Waals surface area (Å²) in [6.45, 7) is 5.59. The average Bonchev–Trinajstić information content (AvgIpc) is 2.48. The van der Waals surface area contributed by atoms with Crippen LogP contribution in [0.2, 0.25) is 0 Å². The van der Waals surface area contributed by atoms with Gasteiger partial charge in [-0.3, -0.25) is 5.73 Å². The van der Waals surface area contributed by atoms with E-state index < -0.39 is 11.3 Å². The zero-order valence-corrected chi connectivity index (χ0v) is 15.0. The van der Waals surface area contributed by atoms with Gasteiger partial charge in [0.1, 0.15) is 5.75 Å². The van der Waals surface area contributed by atoms with E-state index in [2.05, 4.69) is 43.3 Å². The third-order valence-corrected chi connectivity index (χ3v) is 3.90. The van der Waals surface area contributed by atoms with Crippen LogP contribution >= 0.6 is 0 Å². The first-order valence-corrected chi connectivity index (χ1v) is 8.63. The van der Waals surface area contributed by atoms with Gasteiger partial charge in [0.05, 0.1) is 5.60 Å². The summed E-state index contributed by atoms with van der Waals surface area (Å²) in [4.78, 5) is 0. The normalized spacial score (nSPS) is 14.2. The zero-order chi connectivity index (χ0) is 17.6. The van der Waals surface area contributed by atoms with Gasteiger partial charge < -0.3 is 9.84 Å². The predicted octanol–water partition coefficient (Wildman–Crippen LogP) is 4.27. The summed E-state index contributed by atoms with van der Waals surface area (Å²) in [5.74, 6) is 0.743. The minimum Gasteiger partial charge on any atom is -0.473 e. The standard InChI is InChI=1S/C21H29NO2/c1-4-14-21(22,16-20(2,3)23)24-19-12-10-18(11-13-19)15-17-8-6-5-7-9-17/h5-13,23H,4,14-16,22H2,1-3H3. The molecule has 2 aromatic carbocycles. The van der Waals surface area contributed by atoms with Crippen LogP contribution in [0.25, 0.3) is 0 Å². The Kier molecular flexibility index (Phi) is 6.03. The lowest BCUT2D eigenvalue weighted by Gasteiger charge is -2.35. The number of aliphatic hydroxyl groups is 1. The maximum Gasteiger partial charge on any atom is 0.161 e. The maximum absolute atomic E-state index is 10.1. The second-order valence-electron chi connectivity index (χ2n) is 7.21. The van der Waals surface area contributed by atoms with Crippen LogP contribution in [0, 0.1) is 0 Å². The molecule has 2 rings (SSSR count). The third-order valence-electron chi connectivity index (χ3n) is 3.90. The van der Waals surface area contributed by atoms with E-state index in [0.29, 0.717) is 12.8 Å². The molecule has 0 saturated heterocycles. The number of ether oxygens (including phenoxy) is 1. The predicted molar refractivity (Wildman–Crippen MR) is 99.1 cm³/mol. The average molecular weight is 327 g/mol. The number of rotatable bonds is 8. The molecule has 0 radical (unpaired) electrons. The molecule has 0 aliphatic heterocycles. The lowest BCUT2D eigenvalue weighted by Crippen LogP contribution is -2.50. The van der Waals surface area contributed by atoms with Gasteiger partial charge in [0.25, 0.3) is 0 Å². The van der Waals surface area contributed by atoms with Crippen molar-refractivity contribution >= 4 is 0 Å². The van der Waals surface area contributed by atoms with Crippen molar-refractivity contribution in [3.8, 4) is 5.75 Å². The molecule has 0 heterocycles. The van der Waals surface area contributed by atoms with Crippen molar-refractivity contribution < 1.29 is 9.84 Å². The highest BCUT2D eigenvalue weighted by Gasteiger charge is 2.33. The SMILES string of the molecule is CCCC(N)(CC(C)(C)O)Oc1ccc(Cc2ccccc2)cc1. The van der Waals surface area contributed by atoms with Crippen molar-refractivity contribution in [3.05, 3.63) is 65.7 Å². The summed E-state index contributed by atoms with van der Waals surface area (Å²) in [6.07, 6.45) is 2.88. The number of benzene rings is 2. The molecule has 3 nitrogen and oxygen atoms in total. The van der Waals surface area contributed by atoms with Gasteiger partial charge in [-0.2, -0.15) is 0 Å². The second kappa shape index (κ2) is 7.82. The lowest BCUT2D eigenvalue weighted by atomic mass is 9.93. The third kappa shape index (κ3) is 5.99. The first kappa shape index (κ1) is 18.5. The Morgan fingerprint density at radius 2 is 1.54 bits per heavy atom. The van der Waals surface area contributed by atoms with Gasteiger partial charge in [-0.05, 0) is 43.5 Å². The highest BCUT2D eigenvalue weighted by atomic mass is 16.5. The molecule has 0 saturated carbocycles. The fraction of sp³-hybridized carbons (Fsp3) is 0.429. The first-order valence-electron chi connectivity index (χ1n) is 8.63. The molecular formula is C21H29NO2. The van der Waals surface area contributed by atoms with Crippen molar-refractivity contribution in [2.45, 2.75) is 57.8 Å². The molecule has 0 aromatic heterocycles. The molecule has 3 N–H and O–H groups in total. The molecule has 130 valence electrons. The largest absolute Gasteiger partial charge is 0.473 e. The lowest BCUT2D eigenvalue weighted by molar-refractivity contribution is -0.0318. The molecule has 24 heavy (non-hydrogen) atoms. The second-order valence-corrected chi connectivity index (χ2v) is 7.21. The molecule has 0 bridgehead atoms. The van der Waals surface area contributed by atoms with E-state index in [0.717, 1.165) is 18.6 Å². The smallest absolute Gasteiger partial charge is 0.161 e. The molecule has 0 aliphatic carbocycles. The van der Waals surface area contributed by atoms with E-state index in [1.165, 1.54) is 11.1 Å². The van der Waals surface area contributed by atoms with Gasteiger partial charge in [0.2, 0.25) is 0 Å². The molecule has 0 fully saturated rings. The zero-order valence-electron chi connectivity index (χ0n) is 15.0. The highest BCUT2D eigenvalue weighted by molar-refractivity contribution is 5.31. The van der Waals surface area contributed by atoms with E-state index in [1.54, 1.807) is 13.8 Å². The summed E-state index contributed by atoms with van der Waals surface area (Å²) in [5.41, 5.74) is 7.20. The Morgan fingerprint density at radius 1 is 0.958 bits per heavy atom. The van der Waals surface area contributed by atoms with Crippen molar-refractivity contribution in [2.24, 2.45) is 5.73 Å². The molecule has 0 amide bonds. The minimum atomic E-state index is -0.864. The number of hydrogen-bond acceptors (Lipinski definition) is 3. The summed E-state index contributed by atoms with van der Waals surface area (Å²) in [7, 11) is 0. The fourth-order valence-corrected chi connectivity index (χ4v) is 3.07. The topological polar surface area (TPSA) is 55.5 Å². The summed E-state index contributed by atoms with van der Waals surface area (Å²) >= 11 is 0. The molecular weight excluding hydrogens is 298 g/mol. The Hall–Kier alpha value is -1.84. The van der Waals surface area contributed by atoms with Crippen LogP contribution in [0.4, 0.5) is 0 Å². The summed E-state index contributed by atoms with van der Waals surface area (Å²) in [5, 5.41) is 10.1. The Bertz CT molecular complexity index is 617. The van der Waals surface area contributed by atoms with Crippen LogP contribution < -0.4 is 10.5 Å². The van der Waals surface area contributed by atoms with Gasteiger partial charge in [-0.1, -0.05) is 55.8 Å². The van der Waals surface area contributed by atoms with E-state index in [-0.39, 0.29) is 0 Å². The van der Waals surface area contributed by atoms with Crippen molar-refractivity contribution in [3.63, 3.8) is 0 Å². The van der Waals surface area contributed by atoms with Gasteiger partial charge in [-0.25, -0.2) is 0 Å². The molecule has 3 heteroatoms.